The lowest BCUT2D eigenvalue weighted by atomic mass is 10.1. The second-order valence-electron chi connectivity index (χ2n) is 3.28. The minimum atomic E-state index is -4.80. The maximum absolute atomic E-state index is 10.5. The van der Waals surface area contributed by atoms with Crippen LogP contribution in [0.2, 0.25) is 0 Å². The van der Waals surface area contributed by atoms with E-state index in [1.807, 2.05) is 0 Å². The molecule has 0 saturated heterocycles. The summed E-state index contributed by atoms with van der Waals surface area (Å²) in [4.78, 5) is 10.5. The first kappa shape index (κ1) is 13.4. The van der Waals surface area contributed by atoms with Crippen molar-refractivity contribution in [3.8, 4) is 5.75 Å². The van der Waals surface area contributed by atoms with E-state index in [1.54, 1.807) is 0 Å². The van der Waals surface area contributed by atoms with E-state index in [4.69, 9.17) is 10.8 Å². The molecular formula is C9H10NO6S-. The summed E-state index contributed by atoms with van der Waals surface area (Å²) in [6, 6.07) is 4.33. The van der Waals surface area contributed by atoms with Gasteiger partial charge < -0.3 is 19.6 Å². The second-order valence-corrected chi connectivity index (χ2v) is 4.27. The second kappa shape index (κ2) is 5.13. The number of rotatable bonds is 5. The maximum Gasteiger partial charge on any atom is 0.320 e. The highest BCUT2D eigenvalue weighted by molar-refractivity contribution is 7.81. The van der Waals surface area contributed by atoms with Gasteiger partial charge in [-0.3, -0.25) is 4.79 Å². The first-order chi connectivity index (χ1) is 7.78. The van der Waals surface area contributed by atoms with Crippen LogP contribution >= 0.6 is 0 Å². The molecule has 0 amide bonds. The molecule has 0 spiro atoms. The summed E-state index contributed by atoms with van der Waals surface area (Å²) in [6.45, 7) is 0. The summed E-state index contributed by atoms with van der Waals surface area (Å²) in [5.41, 5.74) is 5.90. The Morgan fingerprint density at radius 2 is 1.94 bits per heavy atom. The number of carboxylic acids is 1. The largest absolute Gasteiger partial charge is 0.716 e. The van der Waals surface area contributed by atoms with E-state index in [-0.39, 0.29) is 12.2 Å². The molecule has 0 aromatic heterocycles. The van der Waals surface area contributed by atoms with E-state index < -0.39 is 22.4 Å². The molecule has 0 aliphatic heterocycles. The molecule has 17 heavy (non-hydrogen) atoms. The van der Waals surface area contributed by atoms with E-state index in [9.17, 15) is 17.8 Å². The SMILES string of the molecule is NC(Cc1ccc(OS(=O)(=O)[O-])cc1)C(=O)O. The third-order valence-electron chi connectivity index (χ3n) is 1.89. The zero-order valence-electron chi connectivity index (χ0n) is 8.57. The van der Waals surface area contributed by atoms with Crippen LogP contribution in [-0.4, -0.2) is 30.1 Å². The molecule has 0 saturated carbocycles. The molecule has 0 aliphatic carbocycles. The molecule has 8 heteroatoms. The van der Waals surface area contributed by atoms with E-state index in [0.29, 0.717) is 5.56 Å². The maximum atomic E-state index is 10.5. The van der Waals surface area contributed by atoms with E-state index in [1.165, 1.54) is 24.3 Å². The zero-order valence-corrected chi connectivity index (χ0v) is 9.38. The Kier molecular flexibility index (Phi) is 4.05. The standard InChI is InChI=1S/C9H11NO6S/c10-8(9(11)12)5-6-1-3-7(4-2-6)16-17(13,14)15/h1-4,8H,5,10H2,(H,11,12)(H,13,14,15)/p-1. The van der Waals surface area contributed by atoms with Crippen LogP contribution in [0.3, 0.4) is 0 Å². The van der Waals surface area contributed by atoms with Crippen molar-refractivity contribution in [2.24, 2.45) is 5.73 Å². The Balaban J connectivity index is 2.72. The van der Waals surface area contributed by atoms with Crippen LogP contribution in [0.1, 0.15) is 5.56 Å². The smallest absolute Gasteiger partial charge is 0.320 e. The number of benzene rings is 1. The summed E-state index contributed by atoms with van der Waals surface area (Å²) in [6.07, 6.45) is 0.0970. The lowest BCUT2D eigenvalue weighted by Gasteiger charge is -2.10. The summed E-state index contributed by atoms with van der Waals surface area (Å²) >= 11 is 0. The molecule has 1 aromatic rings. The highest BCUT2D eigenvalue weighted by atomic mass is 32.3. The first-order valence-electron chi connectivity index (χ1n) is 4.50. The number of hydrogen-bond acceptors (Lipinski definition) is 6. The van der Waals surface area contributed by atoms with Gasteiger partial charge in [-0.1, -0.05) is 12.1 Å². The van der Waals surface area contributed by atoms with Gasteiger partial charge in [-0.05, 0) is 24.1 Å². The van der Waals surface area contributed by atoms with Crippen LogP contribution < -0.4 is 9.92 Å². The lowest BCUT2D eigenvalue weighted by Crippen LogP contribution is -2.32. The van der Waals surface area contributed by atoms with E-state index >= 15 is 0 Å². The van der Waals surface area contributed by atoms with Crippen molar-refractivity contribution in [3.63, 3.8) is 0 Å². The Morgan fingerprint density at radius 1 is 1.41 bits per heavy atom. The average molecular weight is 260 g/mol. The van der Waals surface area contributed by atoms with Gasteiger partial charge in [-0.25, -0.2) is 8.42 Å². The molecule has 0 aliphatic rings. The van der Waals surface area contributed by atoms with Crippen molar-refractivity contribution in [2.75, 3.05) is 0 Å². The molecule has 1 atom stereocenters. The third kappa shape index (κ3) is 4.81. The first-order valence-corrected chi connectivity index (χ1v) is 5.84. The van der Waals surface area contributed by atoms with Gasteiger partial charge in [0.05, 0.1) is 0 Å². The summed E-state index contributed by atoms with van der Waals surface area (Å²) < 4.78 is 34.9. The summed E-state index contributed by atoms with van der Waals surface area (Å²) in [5.74, 6) is -1.26. The molecule has 0 radical (unpaired) electrons. The van der Waals surface area contributed by atoms with Gasteiger partial charge in [0.15, 0.2) is 0 Å². The molecule has 1 aromatic carbocycles. The van der Waals surface area contributed by atoms with Crippen LogP contribution in [-0.2, 0) is 21.6 Å². The van der Waals surface area contributed by atoms with Crippen molar-refractivity contribution in [2.45, 2.75) is 12.5 Å². The van der Waals surface area contributed by atoms with Gasteiger partial charge in [0.2, 0.25) is 0 Å². The minimum absolute atomic E-state index is 0.0970. The molecular weight excluding hydrogens is 250 g/mol. The highest BCUT2D eigenvalue weighted by Gasteiger charge is 2.11. The van der Waals surface area contributed by atoms with Gasteiger partial charge in [0.1, 0.15) is 11.8 Å². The molecule has 1 rings (SSSR count). The predicted molar refractivity (Wildman–Crippen MR) is 56.1 cm³/mol. The van der Waals surface area contributed by atoms with Crippen LogP contribution in [0.4, 0.5) is 0 Å². The molecule has 0 fully saturated rings. The van der Waals surface area contributed by atoms with Gasteiger partial charge >= 0.3 is 5.97 Å². The van der Waals surface area contributed by atoms with Crippen molar-refractivity contribution in [3.05, 3.63) is 29.8 Å². The molecule has 0 heterocycles. The summed E-state index contributed by atoms with van der Waals surface area (Å²) in [5, 5.41) is 8.58. The summed E-state index contributed by atoms with van der Waals surface area (Å²) in [7, 11) is -4.80. The number of carboxylic acid groups (broad SMARTS) is 1. The fourth-order valence-corrected chi connectivity index (χ4v) is 1.49. The van der Waals surface area contributed by atoms with Gasteiger partial charge in [0.25, 0.3) is 10.4 Å². The van der Waals surface area contributed by atoms with Gasteiger partial charge in [-0.15, -0.1) is 0 Å². The van der Waals surface area contributed by atoms with Crippen molar-refractivity contribution < 1.29 is 27.1 Å². The van der Waals surface area contributed by atoms with Crippen LogP contribution in [0.15, 0.2) is 24.3 Å². The number of hydrogen-bond donors (Lipinski definition) is 2. The lowest BCUT2D eigenvalue weighted by molar-refractivity contribution is -0.138. The molecule has 94 valence electrons. The minimum Gasteiger partial charge on any atom is -0.716 e. The number of nitrogens with two attached hydrogens (primary N) is 1. The topological polar surface area (TPSA) is 130 Å². The Bertz CT molecular complexity index is 495. The number of aliphatic carboxylic acids is 1. The quantitative estimate of drug-likeness (QED) is 0.538. The van der Waals surface area contributed by atoms with Gasteiger partial charge in [-0.2, -0.15) is 0 Å². The predicted octanol–water partition coefficient (Wildman–Crippen LogP) is -0.520. The third-order valence-corrected chi connectivity index (χ3v) is 2.29. The van der Waals surface area contributed by atoms with Gasteiger partial charge in [0, 0.05) is 0 Å². The van der Waals surface area contributed by atoms with Crippen molar-refractivity contribution in [1.82, 2.24) is 0 Å². The molecule has 3 N–H and O–H groups in total. The van der Waals surface area contributed by atoms with E-state index in [2.05, 4.69) is 4.18 Å². The van der Waals surface area contributed by atoms with Crippen LogP contribution in [0.25, 0.3) is 0 Å². The Labute approximate surface area is 97.8 Å². The number of carbonyl (C=O) groups is 1. The average Bonchev–Trinajstić information content (AvgIpc) is 2.18. The fraction of sp³-hybridized carbons (Fsp3) is 0.222. The Hall–Kier alpha value is -1.64. The van der Waals surface area contributed by atoms with Crippen LogP contribution in [0, 0.1) is 0 Å². The Morgan fingerprint density at radius 3 is 2.35 bits per heavy atom. The fourth-order valence-electron chi connectivity index (χ4n) is 1.14. The molecule has 0 bridgehead atoms. The monoisotopic (exact) mass is 260 g/mol. The van der Waals surface area contributed by atoms with Crippen LogP contribution in [0.5, 0.6) is 5.75 Å². The molecule has 1 unspecified atom stereocenters. The van der Waals surface area contributed by atoms with Crippen molar-refractivity contribution in [1.29, 1.82) is 0 Å². The van der Waals surface area contributed by atoms with Crippen molar-refractivity contribution >= 4 is 16.4 Å². The van der Waals surface area contributed by atoms with E-state index in [0.717, 1.165) is 0 Å². The zero-order chi connectivity index (χ0) is 13.1. The molecule has 7 nitrogen and oxygen atoms in total. The normalized spacial score (nSPS) is 13.1. The highest BCUT2D eigenvalue weighted by Crippen LogP contribution is 2.14.